The average molecular weight is 591 g/mol. The van der Waals surface area contributed by atoms with Crippen molar-refractivity contribution in [3.05, 3.63) is 89.3 Å². The number of aliphatic hydroxyl groups is 1. The minimum atomic E-state index is -4.67. The Morgan fingerprint density at radius 3 is 2.00 bits per heavy atom. The number of nitrogens with zero attached hydrogens (tertiary/aromatic N) is 2. The van der Waals surface area contributed by atoms with Crippen LogP contribution in [0.25, 0.3) is 27.4 Å². The smallest absolute Gasteiger partial charge is 0.384 e. The highest BCUT2D eigenvalue weighted by Gasteiger charge is 2.35. The zero-order valence-electron chi connectivity index (χ0n) is 24.9. The summed E-state index contributed by atoms with van der Waals surface area (Å²) in [7, 11) is -4.67. The second-order valence-electron chi connectivity index (χ2n) is 12.0. The fraction of sp³-hybridized carbons (Fsp3) is 0.412. The Labute approximate surface area is 249 Å². The van der Waals surface area contributed by atoms with Crippen LogP contribution in [0, 0.1) is 25.7 Å². The summed E-state index contributed by atoms with van der Waals surface area (Å²) in [5.41, 5.74) is 7.34. The molecular weight excluding hydrogens is 548 g/mol. The van der Waals surface area contributed by atoms with Gasteiger partial charge in [0.15, 0.2) is 0 Å². The minimum Gasteiger partial charge on any atom is -0.384 e. The lowest BCUT2D eigenvalue weighted by atomic mass is 9.77. The van der Waals surface area contributed by atoms with Gasteiger partial charge >= 0.3 is 10.4 Å². The van der Waals surface area contributed by atoms with E-state index in [2.05, 4.69) is 82.3 Å². The van der Waals surface area contributed by atoms with E-state index in [-0.39, 0.29) is 0 Å². The molecule has 3 unspecified atom stereocenters. The van der Waals surface area contributed by atoms with Gasteiger partial charge < -0.3 is 5.11 Å². The molecule has 0 bridgehead atoms. The van der Waals surface area contributed by atoms with Crippen molar-refractivity contribution in [2.45, 2.75) is 78.2 Å². The van der Waals surface area contributed by atoms with Crippen LogP contribution in [0.5, 0.6) is 0 Å². The molecule has 42 heavy (non-hydrogen) atoms. The van der Waals surface area contributed by atoms with E-state index < -0.39 is 16.0 Å². The summed E-state index contributed by atoms with van der Waals surface area (Å²) >= 11 is 0. The van der Waals surface area contributed by atoms with Crippen molar-refractivity contribution in [1.82, 2.24) is 9.97 Å². The molecule has 6 rings (SSSR count). The molecule has 3 N–H and O–H groups in total. The van der Waals surface area contributed by atoms with Crippen LogP contribution >= 0.6 is 0 Å². The van der Waals surface area contributed by atoms with Crippen molar-refractivity contribution in [2.75, 3.05) is 0 Å². The third-order valence-corrected chi connectivity index (χ3v) is 8.06. The first kappa shape index (κ1) is 31.8. The third-order valence-electron chi connectivity index (χ3n) is 8.06. The molecule has 0 aliphatic heterocycles. The van der Waals surface area contributed by atoms with Gasteiger partial charge in [-0.05, 0) is 106 Å². The van der Waals surface area contributed by atoms with Crippen LogP contribution in [0.3, 0.4) is 0 Å². The molecule has 3 atom stereocenters. The number of aryl methyl sites for hydroxylation is 2. The molecule has 0 spiro atoms. The number of hydrogen-bond acceptors (Lipinski definition) is 5. The van der Waals surface area contributed by atoms with Gasteiger partial charge in [-0.3, -0.25) is 9.11 Å². The Morgan fingerprint density at radius 2 is 1.40 bits per heavy atom. The van der Waals surface area contributed by atoms with Gasteiger partial charge in [-0.25, -0.2) is 9.97 Å². The van der Waals surface area contributed by atoms with Crippen LogP contribution in [0.1, 0.15) is 81.3 Å². The normalized spacial score (nSPS) is 22.4. The zero-order valence-corrected chi connectivity index (χ0v) is 25.7. The predicted octanol–water partition coefficient (Wildman–Crippen LogP) is 8.03. The fourth-order valence-corrected chi connectivity index (χ4v) is 6.02. The molecule has 0 radical (unpaired) electrons. The number of hydrogen-bond donors (Lipinski definition) is 3. The average Bonchev–Trinajstić information content (AvgIpc) is 2.92. The Bertz CT molecular complexity index is 1680. The van der Waals surface area contributed by atoms with Crippen LogP contribution < -0.4 is 0 Å². The summed E-state index contributed by atoms with van der Waals surface area (Å²) in [5.74, 6) is 1.28. The fourth-order valence-electron chi connectivity index (χ4n) is 6.02. The standard InChI is InChI=1S/C17H21NO.C17H19N.H2O4S/c1-12-5-7-15-14(10-12)6-8-16(18-15)17(19)9-3-4-13(2)11-17;1-12-4-3-5-14(10-12)17-9-7-15-11-13(2)6-8-16(15)18-17;1-5(2,3)4/h5-8,10,13,19H,3-4,9,11H2,1-2H3;6-12H,3-5H2,1-2H3;(H2,1,2,3,4). The Hall–Kier alpha value is -3.17. The maximum Gasteiger partial charge on any atom is 0.394 e. The Kier molecular flexibility index (Phi) is 10.1. The summed E-state index contributed by atoms with van der Waals surface area (Å²) in [6.45, 7) is 8.72. The van der Waals surface area contributed by atoms with Crippen LogP contribution in [0.4, 0.5) is 0 Å². The summed E-state index contributed by atoms with van der Waals surface area (Å²) in [5, 5.41) is 13.3. The van der Waals surface area contributed by atoms with E-state index in [0.29, 0.717) is 11.8 Å². The van der Waals surface area contributed by atoms with E-state index in [1.54, 1.807) is 0 Å². The van der Waals surface area contributed by atoms with Crippen molar-refractivity contribution in [3.8, 4) is 0 Å². The molecule has 0 saturated heterocycles. The highest BCUT2D eigenvalue weighted by Crippen LogP contribution is 2.39. The van der Waals surface area contributed by atoms with Gasteiger partial charge in [-0.1, -0.05) is 61.7 Å². The van der Waals surface area contributed by atoms with Gasteiger partial charge in [-0.15, -0.1) is 0 Å². The van der Waals surface area contributed by atoms with E-state index >= 15 is 0 Å². The summed E-state index contributed by atoms with van der Waals surface area (Å²) in [6, 6.07) is 21.2. The second kappa shape index (κ2) is 13.4. The van der Waals surface area contributed by atoms with Gasteiger partial charge in [-0.2, -0.15) is 8.42 Å². The lowest BCUT2D eigenvalue weighted by molar-refractivity contribution is -0.0213. The molecule has 2 aromatic carbocycles. The Balaban J connectivity index is 0.000000167. The van der Waals surface area contributed by atoms with Crippen molar-refractivity contribution in [3.63, 3.8) is 0 Å². The van der Waals surface area contributed by atoms with Gasteiger partial charge in [0.25, 0.3) is 0 Å². The SMILES string of the molecule is Cc1ccc2nc(C3(O)CCCC(C)C3)ccc2c1.Cc1ccc2nc(C3=CC(C)CCC3)ccc2c1.O=S(=O)(O)O. The van der Waals surface area contributed by atoms with Crippen LogP contribution in [-0.4, -0.2) is 32.6 Å². The van der Waals surface area contributed by atoms with Crippen molar-refractivity contribution in [2.24, 2.45) is 11.8 Å². The number of benzene rings is 2. The van der Waals surface area contributed by atoms with Gasteiger partial charge in [0.1, 0.15) is 5.60 Å². The molecule has 1 saturated carbocycles. The number of allylic oxidation sites excluding steroid dienone is 2. The van der Waals surface area contributed by atoms with Crippen LogP contribution in [-0.2, 0) is 16.0 Å². The lowest BCUT2D eigenvalue weighted by Gasteiger charge is -2.35. The lowest BCUT2D eigenvalue weighted by Crippen LogP contribution is -2.32. The highest BCUT2D eigenvalue weighted by molar-refractivity contribution is 7.79. The van der Waals surface area contributed by atoms with Crippen molar-refractivity contribution < 1.29 is 22.6 Å². The first-order chi connectivity index (χ1) is 19.8. The number of pyridine rings is 2. The Morgan fingerprint density at radius 1 is 0.810 bits per heavy atom. The molecule has 224 valence electrons. The molecule has 4 aromatic rings. The molecule has 0 amide bonds. The maximum atomic E-state index is 10.9. The van der Waals surface area contributed by atoms with Crippen molar-refractivity contribution >= 4 is 37.8 Å². The summed E-state index contributed by atoms with van der Waals surface area (Å²) < 4.78 is 31.6. The molecule has 2 aromatic heterocycles. The molecule has 8 heteroatoms. The summed E-state index contributed by atoms with van der Waals surface area (Å²) in [4.78, 5) is 9.50. The quantitative estimate of drug-likeness (QED) is 0.202. The molecule has 2 aliphatic rings. The highest BCUT2D eigenvalue weighted by atomic mass is 32.3. The molecule has 2 heterocycles. The monoisotopic (exact) mass is 590 g/mol. The van der Waals surface area contributed by atoms with E-state index in [1.807, 2.05) is 12.1 Å². The first-order valence-electron chi connectivity index (χ1n) is 14.7. The van der Waals surface area contributed by atoms with Gasteiger partial charge in [0.2, 0.25) is 0 Å². The first-order valence-corrected chi connectivity index (χ1v) is 16.1. The minimum absolute atomic E-state index is 0.578. The molecular formula is C34H42N2O5S. The summed E-state index contributed by atoms with van der Waals surface area (Å²) in [6.07, 6.45) is 10.1. The number of fused-ring (bicyclic) bond motifs is 2. The topological polar surface area (TPSA) is 121 Å². The van der Waals surface area contributed by atoms with E-state index in [9.17, 15) is 5.11 Å². The van der Waals surface area contributed by atoms with E-state index in [4.69, 9.17) is 27.5 Å². The van der Waals surface area contributed by atoms with E-state index in [0.717, 1.165) is 47.1 Å². The predicted molar refractivity (Wildman–Crippen MR) is 170 cm³/mol. The number of rotatable bonds is 2. The largest absolute Gasteiger partial charge is 0.394 e. The van der Waals surface area contributed by atoms with Gasteiger partial charge in [0.05, 0.1) is 22.4 Å². The zero-order chi connectivity index (χ0) is 30.5. The second-order valence-corrected chi connectivity index (χ2v) is 12.9. The van der Waals surface area contributed by atoms with Crippen LogP contribution in [0.2, 0.25) is 0 Å². The molecule has 1 fully saturated rings. The molecule has 2 aliphatic carbocycles. The third kappa shape index (κ3) is 8.91. The van der Waals surface area contributed by atoms with Crippen LogP contribution in [0.15, 0.2) is 66.7 Å². The van der Waals surface area contributed by atoms with Gasteiger partial charge in [0, 0.05) is 10.8 Å². The maximum absolute atomic E-state index is 10.9. The van der Waals surface area contributed by atoms with E-state index in [1.165, 1.54) is 47.8 Å². The molecule has 7 nitrogen and oxygen atoms in total. The number of aromatic nitrogens is 2. The van der Waals surface area contributed by atoms with Crippen molar-refractivity contribution in [1.29, 1.82) is 0 Å².